The van der Waals surface area contributed by atoms with Crippen LogP contribution in [0.4, 0.5) is 0 Å². The van der Waals surface area contributed by atoms with Gasteiger partial charge < -0.3 is 20.8 Å². The van der Waals surface area contributed by atoms with Gasteiger partial charge in [0.1, 0.15) is 17.1 Å². The fourth-order valence-corrected chi connectivity index (χ4v) is 4.60. The van der Waals surface area contributed by atoms with Gasteiger partial charge >= 0.3 is 0 Å². The highest BCUT2D eigenvalue weighted by molar-refractivity contribution is 6.11. The van der Waals surface area contributed by atoms with Crippen molar-refractivity contribution in [2.75, 3.05) is 19.7 Å². The summed E-state index contributed by atoms with van der Waals surface area (Å²) in [5.41, 5.74) is 9.29. The second-order valence-electron chi connectivity index (χ2n) is 8.66. The van der Waals surface area contributed by atoms with Gasteiger partial charge in [-0.15, -0.1) is 0 Å². The third-order valence-electron chi connectivity index (χ3n) is 6.38. The van der Waals surface area contributed by atoms with Crippen LogP contribution in [0, 0.1) is 12.8 Å². The van der Waals surface area contributed by atoms with Crippen LogP contribution in [0.3, 0.4) is 0 Å². The zero-order chi connectivity index (χ0) is 22.9. The molecule has 1 fully saturated rings. The lowest BCUT2D eigenvalue weighted by atomic mass is 9.95. The van der Waals surface area contributed by atoms with Gasteiger partial charge in [0.2, 0.25) is 5.91 Å². The minimum absolute atomic E-state index is 0.407. The summed E-state index contributed by atoms with van der Waals surface area (Å²) < 4.78 is 8.06. The minimum atomic E-state index is -0.491. The summed E-state index contributed by atoms with van der Waals surface area (Å²) >= 11 is 0. The predicted octanol–water partition coefficient (Wildman–Crippen LogP) is 3.17. The highest BCUT2D eigenvalue weighted by Crippen LogP contribution is 2.33. The van der Waals surface area contributed by atoms with Crippen LogP contribution in [0.1, 0.15) is 42.2 Å². The first-order valence-electron chi connectivity index (χ1n) is 11.5. The molecule has 1 aromatic carbocycles. The van der Waals surface area contributed by atoms with E-state index >= 15 is 0 Å². The summed E-state index contributed by atoms with van der Waals surface area (Å²) in [6, 6.07) is 5.47. The lowest BCUT2D eigenvalue weighted by Crippen LogP contribution is -2.28. The Morgan fingerprint density at radius 2 is 2.06 bits per heavy atom. The number of nitrogens with two attached hydrogens (primary N) is 1. The molecule has 4 heterocycles. The standard InChI is InChI=1S/C24H29N7O2/c1-3-31-19(10-14(2)30-31)24-27-13-18-17-11-16(22(25)32)12-20(21(17)28-23(18)29-24)33-9-6-15-4-7-26-8-5-15/h10-13,15,26H,3-9H2,1-2H3,(H2,25,32)(H,27,28,29). The summed E-state index contributed by atoms with van der Waals surface area (Å²) in [6.07, 6.45) is 5.09. The SMILES string of the molecule is CCn1nc(C)cc1-c1ncc2c(n1)[nH]c1c(OCCC3CCNCC3)cc(C(N)=O)cc12. The van der Waals surface area contributed by atoms with Gasteiger partial charge in [-0.3, -0.25) is 9.48 Å². The Morgan fingerprint density at radius 1 is 1.24 bits per heavy atom. The molecule has 0 aliphatic carbocycles. The first-order chi connectivity index (χ1) is 16.0. The van der Waals surface area contributed by atoms with E-state index < -0.39 is 5.91 Å². The number of rotatable bonds is 7. The third-order valence-corrected chi connectivity index (χ3v) is 6.38. The Kier molecular flexibility index (Phi) is 5.72. The van der Waals surface area contributed by atoms with Crippen molar-refractivity contribution >= 4 is 27.8 Å². The molecule has 1 aliphatic rings. The average Bonchev–Trinajstić information content (AvgIpc) is 3.39. The predicted molar refractivity (Wildman–Crippen MR) is 127 cm³/mol. The van der Waals surface area contributed by atoms with Crippen LogP contribution in [0.25, 0.3) is 33.5 Å². The highest BCUT2D eigenvalue weighted by Gasteiger charge is 2.18. The van der Waals surface area contributed by atoms with Crippen LogP contribution in [0.2, 0.25) is 0 Å². The van der Waals surface area contributed by atoms with Crippen molar-refractivity contribution in [2.24, 2.45) is 11.7 Å². The number of hydrogen-bond donors (Lipinski definition) is 3. The van der Waals surface area contributed by atoms with Crippen LogP contribution in [-0.4, -0.2) is 50.3 Å². The van der Waals surface area contributed by atoms with Gasteiger partial charge in [0.25, 0.3) is 0 Å². The summed E-state index contributed by atoms with van der Waals surface area (Å²) in [5.74, 6) is 1.38. The average molecular weight is 448 g/mol. The number of hydrogen-bond acceptors (Lipinski definition) is 6. The smallest absolute Gasteiger partial charge is 0.248 e. The van der Waals surface area contributed by atoms with Gasteiger partial charge in [-0.05, 0) is 70.3 Å². The van der Waals surface area contributed by atoms with Crippen LogP contribution in [0.15, 0.2) is 24.4 Å². The maximum Gasteiger partial charge on any atom is 0.248 e. The summed E-state index contributed by atoms with van der Waals surface area (Å²) in [5, 5.41) is 9.53. The molecule has 3 aromatic heterocycles. The maximum absolute atomic E-state index is 12.0. The molecule has 172 valence electrons. The number of primary amides is 1. The van der Waals surface area contributed by atoms with E-state index in [-0.39, 0.29) is 0 Å². The van der Waals surface area contributed by atoms with E-state index in [0.717, 1.165) is 53.7 Å². The second kappa shape index (κ2) is 8.82. The number of aromatic amines is 1. The molecule has 0 saturated carbocycles. The van der Waals surface area contributed by atoms with E-state index in [2.05, 4.69) is 20.4 Å². The van der Waals surface area contributed by atoms with Crippen molar-refractivity contribution in [1.82, 2.24) is 30.0 Å². The normalized spacial score (nSPS) is 14.8. The summed E-state index contributed by atoms with van der Waals surface area (Å²) in [6.45, 7) is 7.43. The molecular formula is C24H29N7O2. The van der Waals surface area contributed by atoms with Gasteiger partial charge in [-0.1, -0.05) is 0 Å². The molecule has 5 rings (SSSR count). The minimum Gasteiger partial charge on any atom is -0.491 e. The van der Waals surface area contributed by atoms with Gasteiger partial charge in [-0.2, -0.15) is 5.10 Å². The Balaban J connectivity index is 1.52. The van der Waals surface area contributed by atoms with E-state index in [0.29, 0.717) is 35.3 Å². The Bertz CT molecular complexity index is 1320. The van der Waals surface area contributed by atoms with Crippen LogP contribution < -0.4 is 15.8 Å². The quantitative estimate of drug-likeness (QED) is 0.400. The van der Waals surface area contributed by atoms with Crippen LogP contribution in [-0.2, 0) is 6.54 Å². The molecule has 1 aliphatic heterocycles. The zero-order valence-corrected chi connectivity index (χ0v) is 19.0. The monoisotopic (exact) mass is 447 g/mol. The summed E-state index contributed by atoms with van der Waals surface area (Å²) in [4.78, 5) is 24.7. The van der Waals surface area contributed by atoms with Crippen LogP contribution >= 0.6 is 0 Å². The van der Waals surface area contributed by atoms with E-state index in [1.807, 2.05) is 24.6 Å². The van der Waals surface area contributed by atoms with E-state index in [1.165, 1.54) is 12.8 Å². The van der Waals surface area contributed by atoms with Crippen molar-refractivity contribution in [1.29, 1.82) is 0 Å². The highest BCUT2D eigenvalue weighted by atomic mass is 16.5. The molecule has 1 saturated heterocycles. The first-order valence-corrected chi connectivity index (χ1v) is 11.5. The molecular weight excluding hydrogens is 418 g/mol. The first kappa shape index (κ1) is 21.4. The van der Waals surface area contributed by atoms with E-state index in [9.17, 15) is 4.79 Å². The van der Waals surface area contributed by atoms with E-state index in [4.69, 9.17) is 15.5 Å². The molecule has 9 nitrogen and oxygen atoms in total. The number of H-pyrrole nitrogens is 1. The number of nitrogens with one attached hydrogen (secondary N) is 2. The Hall–Kier alpha value is -3.46. The number of nitrogens with zero attached hydrogens (tertiary/aromatic N) is 4. The number of benzene rings is 1. The topological polar surface area (TPSA) is 124 Å². The number of ether oxygens (including phenoxy) is 1. The van der Waals surface area contributed by atoms with Gasteiger partial charge in [-0.25, -0.2) is 9.97 Å². The number of carbonyl (C=O) groups excluding carboxylic acids is 1. The lowest BCUT2D eigenvalue weighted by Gasteiger charge is -2.22. The van der Waals surface area contributed by atoms with Crippen molar-refractivity contribution in [3.05, 3.63) is 35.7 Å². The van der Waals surface area contributed by atoms with Crippen LogP contribution in [0.5, 0.6) is 5.75 Å². The molecule has 0 unspecified atom stereocenters. The molecule has 33 heavy (non-hydrogen) atoms. The van der Waals surface area contributed by atoms with Crippen molar-refractivity contribution in [3.8, 4) is 17.3 Å². The largest absolute Gasteiger partial charge is 0.491 e. The Labute approximate surface area is 191 Å². The zero-order valence-electron chi connectivity index (χ0n) is 19.0. The molecule has 0 bridgehead atoms. The number of amides is 1. The maximum atomic E-state index is 12.0. The number of carbonyl (C=O) groups is 1. The number of aryl methyl sites for hydroxylation is 2. The molecule has 4 N–H and O–H groups in total. The fraction of sp³-hybridized carbons (Fsp3) is 0.417. The number of aromatic nitrogens is 5. The molecule has 0 spiro atoms. The molecule has 9 heteroatoms. The van der Waals surface area contributed by atoms with Gasteiger partial charge in [0, 0.05) is 29.1 Å². The third kappa shape index (κ3) is 4.16. The Morgan fingerprint density at radius 3 is 2.82 bits per heavy atom. The van der Waals surface area contributed by atoms with Crippen molar-refractivity contribution in [2.45, 2.75) is 39.7 Å². The van der Waals surface area contributed by atoms with Crippen molar-refractivity contribution < 1.29 is 9.53 Å². The van der Waals surface area contributed by atoms with E-state index in [1.54, 1.807) is 18.3 Å². The summed E-state index contributed by atoms with van der Waals surface area (Å²) in [7, 11) is 0. The van der Waals surface area contributed by atoms with Gasteiger partial charge in [0.05, 0.1) is 17.8 Å². The van der Waals surface area contributed by atoms with Crippen molar-refractivity contribution in [3.63, 3.8) is 0 Å². The number of fused-ring (bicyclic) bond motifs is 3. The fourth-order valence-electron chi connectivity index (χ4n) is 4.60. The molecule has 4 aromatic rings. The number of piperidine rings is 1. The molecule has 0 radical (unpaired) electrons. The second-order valence-corrected chi connectivity index (χ2v) is 8.66. The molecule has 0 atom stereocenters. The van der Waals surface area contributed by atoms with Gasteiger partial charge in [0.15, 0.2) is 5.82 Å². The molecule has 1 amide bonds. The lowest BCUT2D eigenvalue weighted by molar-refractivity contribution is 0.1000.